The molecule has 8 N–H and O–H groups in total. The number of aliphatic hydroxyl groups is 8. The summed E-state index contributed by atoms with van der Waals surface area (Å²) in [4.78, 5) is 0. The van der Waals surface area contributed by atoms with E-state index in [1.165, 1.54) is 0 Å². The number of rotatable bonds is 5. The van der Waals surface area contributed by atoms with Gasteiger partial charge in [-0.15, -0.1) is 0 Å². The molecule has 11 nitrogen and oxygen atoms in total. The summed E-state index contributed by atoms with van der Waals surface area (Å²) in [7, 11) is 0. The zero-order valence-electron chi connectivity index (χ0n) is 13.6. The average molecular weight is 370 g/mol. The van der Waals surface area contributed by atoms with Crippen LogP contribution in [-0.2, 0) is 14.2 Å². The molecule has 0 aromatic rings. The van der Waals surface area contributed by atoms with E-state index in [-0.39, 0.29) is 6.42 Å². The standard InChI is InChI=1S/C14H26O11/c1-2-14(4-16)11(21)7(18)9(20)13(25-14)24-10-5(3-15)23-12(22)8(19)6(10)17/h5-13,15-22H,2-4H2,1H3/t5-,6-,7-,8-,9-,10-,11-,12-,13+,14-/m1/s1. The average Bonchev–Trinajstić information content (AvgIpc) is 2.62. The maximum atomic E-state index is 10.1. The van der Waals surface area contributed by atoms with Crippen LogP contribution in [0, 0.1) is 0 Å². The van der Waals surface area contributed by atoms with Crippen molar-refractivity contribution in [3.63, 3.8) is 0 Å². The van der Waals surface area contributed by atoms with Crippen molar-refractivity contribution in [3.8, 4) is 0 Å². The molecular formula is C14H26O11. The maximum Gasteiger partial charge on any atom is 0.187 e. The molecule has 2 aliphatic rings. The molecule has 11 heteroatoms. The first kappa shape index (κ1) is 20.9. The molecule has 2 heterocycles. The van der Waals surface area contributed by atoms with E-state index in [2.05, 4.69) is 0 Å². The second kappa shape index (κ2) is 8.06. The van der Waals surface area contributed by atoms with E-state index in [0.29, 0.717) is 0 Å². The molecule has 10 atom stereocenters. The molecule has 25 heavy (non-hydrogen) atoms. The van der Waals surface area contributed by atoms with Gasteiger partial charge in [0.1, 0.15) is 48.3 Å². The minimum atomic E-state index is -1.75. The van der Waals surface area contributed by atoms with Crippen LogP contribution in [0.15, 0.2) is 0 Å². The summed E-state index contributed by atoms with van der Waals surface area (Å²) in [6.07, 6.45) is -14.4. The highest BCUT2D eigenvalue weighted by Crippen LogP contribution is 2.35. The first-order valence-corrected chi connectivity index (χ1v) is 8.01. The summed E-state index contributed by atoms with van der Waals surface area (Å²) in [5.74, 6) is 0. The fraction of sp³-hybridized carbons (Fsp3) is 1.00. The largest absolute Gasteiger partial charge is 0.394 e. The Hall–Kier alpha value is -0.440. The Morgan fingerprint density at radius 1 is 0.920 bits per heavy atom. The summed E-state index contributed by atoms with van der Waals surface area (Å²) in [5, 5.41) is 78.3. The van der Waals surface area contributed by atoms with Crippen molar-refractivity contribution in [1.29, 1.82) is 0 Å². The third-order valence-corrected chi connectivity index (χ3v) is 4.84. The topological polar surface area (TPSA) is 190 Å². The molecule has 148 valence electrons. The lowest BCUT2D eigenvalue weighted by atomic mass is 9.85. The van der Waals surface area contributed by atoms with Crippen molar-refractivity contribution in [3.05, 3.63) is 0 Å². The lowest BCUT2D eigenvalue weighted by molar-refractivity contribution is -0.375. The van der Waals surface area contributed by atoms with Crippen LogP contribution in [-0.4, -0.2) is 115 Å². The van der Waals surface area contributed by atoms with Crippen molar-refractivity contribution in [1.82, 2.24) is 0 Å². The Morgan fingerprint density at radius 2 is 1.56 bits per heavy atom. The van der Waals surface area contributed by atoms with E-state index >= 15 is 0 Å². The summed E-state index contributed by atoms with van der Waals surface area (Å²) in [6, 6.07) is 0. The minimum Gasteiger partial charge on any atom is -0.394 e. The second-order valence-corrected chi connectivity index (χ2v) is 6.32. The van der Waals surface area contributed by atoms with Gasteiger partial charge in [-0.3, -0.25) is 0 Å². The van der Waals surface area contributed by atoms with Gasteiger partial charge in [-0.05, 0) is 6.42 Å². The molecule has 0 unspecified atom stereocenters. The Bertz CT molecular complexity index is 429. The van der Waals surface area contributed by atoms with Crippen LogP contribution in [0.4, 0.5) is 0 Å². The maximum absolute atomic E-state index is 10.1. The molecule has 0 aromatic carbocycles. The van der Waals surface area contributed by atoms with E-state index in [1.54, 1.807) is 6.92 Å². The van der Waals surface area contributed by atoms with E-state index in [0.717, 1.165) is 0 Å². The van der Waals surface area contributed by atoms with Gasteiger partial charge in [-0.1, -0.05) is 6.92 Å². The predicted octanol–water partition coefficient (Wildman–Crippen LogP) is -4.62. The van der Waals surface area contributed by atoms with Crippen LogP contribution in [0.5, 0.6) is 0 Å². The normalized spacial score (nSPS) is 51.5. The molecule has 2 rings (SSSR count). The van der Waals surface area contributed by atoms with Gasteiger partial charge in [0.2, 0.25) is 0 Å². The van der Waals surface area contributed by atoms with E-state index in [9.17, 15) is 40.9 Å². The molecule has 0 aromatic heterocycles. The third kappa shape index (κ3) is 3.68. The van der Waals surface area contributed by atoms with E-state index < -0.39 is 74.1 Å². The smallest absolute Gasteiger partial charge is 0.187 e. The minimum absolute atomic E-state index is 0.0722. The lowest BCUT2D eigenvalue weighted by Gasteiger charge is -2.49. The predicted molar refractivity (Wildman–Crippen MR) is 77.9 cm³/mol. The molecule has 2 fully saturated rings. The third-order valence-electron chi connectivity index (χ3n) is 4.84. The Labute approximate surface area is 143 Å². The fourth-order valence-corrected chi connectivity index (χ4v) is 3.06. The zero-order chi connectivity index (χ0) is 18.9. The summed E-state index contributed by atoms with van der Waals surface area (Å²) in [5.41, 5.74) is -1.61. The van der Waals surface area contributed by atoms with E-state index in [4.69, 9.17) is 14.2 Å². The Morgan fingerprint density at radius 3 is 2.08 bits per heavy atom. The molecule has 0 radical (unpaired) electrons. The molecule has 0 bridgehead atoms. The van der Waals surface area contributed by atoms with Crippen LogP contribution in [0.25, 0.3) is 0 Å². The van der Waals surface area contributed by atoms with Crippen LogP contribution in [0.3, 0.4) is 0 Å². The number of aliphatic hydroxyl groups excluding tert-OH is 8. The number of hydrogen-bond acceptors (Lipinski definition) is 11. The highest BCUT2D eigenvalue weighted by molar-refractivity contribution is 5.00. The van der Waals surface area contributed by atoms with Gasteiger partial charge in [0.15, 0.2) is 12.6 Å². The van der Waals surface area contributed by atoms with Gasteiger partial charge in [0.05, 0.1) is 13.2 Å². The Kier molecular flexibility index (Phi) is 6.73. The Balaban J connectivity index is 2.21. The molecule has 2 saturated heterocycles. The molecule has 2 aliphatic heterocycles. The summed E-state index contributed by atoms with van der Waals surface area (Å²) >= 11 is 0. The zero-order valence-corrected chi connectivity index (χ0v) is 13.6. The number of hydrogen-bond donors (Lipinski definition) is 8. The van der Waals surface area contributed by atoms with Crippen molar-refractivity contribution in [2.45, 2.75) is 74.3 Å². The van der Waals surface area contributed by atoms with Crippen LogP contribution >= 0.6 is 0 Å². The first-order valence-electron chi connectivity index (χ1n) is 8.01. The van der Waals surface area contributed by atoms with Crippen LogP contribution in [0.2, 0.25) is 0 Å². The summed E-state index contributed by atoms with van der Waals surface area (Å²) < 4.78 is 15.8. The SMILES string of the molecule is CC[C@]1(CO)O[C@H](O[C@H]2[C@H](O)[C@@H](O)[C@H](O)O[C@@H]2CO)[C@H](O)[C@@H](O)[C@H]1O. The second-order valence-electron chi connectivity index (χ2n) is 6.32. The van der Waals surface area contributed by atoms with Crippen molar-refractivity contribution in [2.75, 3.05) is 13.2 Å². The highest BCUT2D eigenvalue weighted by Gasteiger charge is 2.55. The van der Waals surface area contributed by atoms with Gasteiger partial charge in [0, 0.05) is 0 Å². The van der Waals surface area contributed by atoms with Gasteiger partial charge < -0.3 is 55.1 Å². The van der Waals surface area contributed by atoms with Crippen molar-refractivity contribution < 1.29 is 55.1 Å². The molecular weight excluding hydrogens is 344 g/mol. The fourth-order valence-electron chi connectivity index (χ4n) is 3.06. The molecule has 0 amide bonds. The molecule has 0 saturated carbocycles. The lowest BCUT2D eigenvalue weighted by Crippen LogP contribution is -2.68. The van der Waals surface area contributed by atoms with Crippen molar-refractivity contribution in [2.24, 2.45) is 0 Å². The van der Waals surface area contributed by atoms with Gasteiger partial charge >= 0.3 is 0 Å². The quantitative estimate of drug-likeness (QED) is 0.232. The van der Waals surface area contributed by atoms with Gasteiger partial charge in [-0.2, -0.15) is 0 Å². The first-order chi connectivity index (χ1) is 11.7. The molecule has 0 spiro atoms. The molecule has 0 aliphatic carbocycles. The van der Waals surface area contributed by atoms with E-state index in [1.807, 2.05) is 0 Å². The number of ether oxygens (including phenoxy) is 3. The van der Waals surface area contributed by atoms with Gasteiger partial charge in [0.25, 0.3) is 0 Å². The monoisotopic (exact) mass is 370 g/mol. The van der Waals surface area contributed by atoms with Crippen LogP contribution in [0.1, 0.15) is 13.3 Å². The highest BCUT2D eigenvalue weighted by atomic mass is 16.7. The van der Waals surface area contributed by atoms with Crippen molar-refractivity contribution >= 4 is 0 Å². The summed E-state index contributed by atoms with van der Waals surface area (Å²) in [6.45, 7) is 0.220. The van der Waals surface area contributed by atoms with Crippen LogP contribution < -0.4 is 0 Å². The van der Waals surface area contributed by atoms with Gasteiger partial charge in [-0.25, -0.2) is 0 Å².